The summed E-state index contributed by atoms with van der Waals surface area (Å²) in [4.78, 5) is 16.6. The van der Waals surface area contributed by atoms with Crippen LogP contribution in [-0.4, -0.2) is 41.4 Å². The zero-order chi connectivity index (χ0) is 27.2. The van der Waals surface area contributed by atoms with Crippen molar-refractivity contribution in [2.45, 2.75) is 65.4 Å². The van der Waals surface area contributed by atoms with Crippen LogP contribution in [0.1, 0.15) is 56.2 Å². The zero-order valence-electron chi connectivity index (χ0n) is 23.2. The van der Waals surface area contributed by atoms with Crippen LogP contribution in [0.25, 0.3) is 11.1 Å². The Morgan fingerprint density at radius 3 is 2.39 bits per heavy atom. The summed E-state index contributed by atoms with van der Waals surface area (Å²) in [5.74, 6) is 1.10. The van der Waals surface area contributed by atoms with Crippen molar-refractivity contribution in [3.63, 3.8) is 0 Å². The van der Waals surface area contributed by atoms with Crippen molar-refractivity contribution >= 4 is 17.5 Å². The second-order valence-corrected chi connectivity index (χ2v) is 11.8. The first-order valence-corrected chi connectivity index (χ1v) is 13.3. The third kappa shape index (κ3) is 5.00. The summed E-state index contributed by atoms with van der Waals surface area (Å²) in [5, 5.41) is 13.8. The maximum Gasteiger partial charge on any atom is 0.410 e. The predicted octanol–water partition coefficient (Wildman–Crippen LogP) is 6.83. The van der Waals surface area contributed by atoms with Gasteiger partial charge in [-0.25, -0.2) is 4.79 Å². The number of anilines is 2. The van der Waals surface area contributed by atoms with E-state index in [1.165, 1.54) is 0 Å². The molecule has 1 aliphatic carbocycles. The second-order valence-electron chi connectivity index (χ2n) is 11.8. The van der Waals surface area contributed by atoms with E-state index in [-0.39, 0.29) is 11.5 Å². The lowest BCUT2D eigenvalue weighted by atomic mass is 9.95. The predicted molar refractivity (Wildman–Crippen MR) is 147 cm³/mol. The first-order valence-electron chi connectivity index (χ1n) is 13.3. The van der Waals surface area contributed by atoms with Crippen LogP contribution in [0.3, 0.4) is 0 Å². The van der Waals surface area contributed by atoms with Gasteiger partial charge in [0.25, 0.3) is 0 Å². The van der Waals surface area contributed by atoms with Crippen molar-refractivity contribution in [3.05, 3.63) is 65.0 Å². The number of nitrogens with zero attached hydrogens (tertiary/aromatic N) is 4. The first-order chi connectivity index (χ1) is 18.0. The summed E-state index contributed by atoms with van der Waals surface area (Å²) in [7, 11) is 0. The van der Waals surface area contributed by atoms with E-state index in [0.29, 0.717) is 19.0 Å². The van der Waals surface area contributed by atoms with Gasteiger partial charge in [-0.2, -0.15) is 5.26 Å². The lowest BCUT2D eigenvalue weighted by molar-refractivity contribution is 0.000328. The van der Waals surface area contributed by atoms with Gasteiger partial charge in [-0.3, -0.25) is 0 Å². The smallest absolute Gasteiger partial charge is 0.410 e. The summed E-state index contributed by atoms with van der Waals surface area (Å²) in [5.41, 5.74) is 6.54. The molecule has 7 heteroatoms. The second kappa shape index (κ2) is 9.50. The highest BCUT2D eigenvalue weighted by Crippen LogP contribution is 2.48. The van der Waals surface area contributed by atoms with Gasteiger partial charge in [-0.05, 0) is 89.3 Å². The molecule has 2 heterocycles. The number of aryl methyl sites for hydroxylation is 3. The Kier molecular flexibility index (Phi) is 6.46. The Balaban J connectivity index is 1.45. The number of amides is 1. The van der Waals surface area contributed by atoms with Crippen molar-refractivity contribution in [3.8, 4) is 17.2 Å². The molecule has 3 aromatic rings. The highest BCUT2D eigenvalue weighted by Gasteiger charge is 2.44. The van der Waals surface area contributed by atoms with Crippen LogP contribution in [0.2, 0.25) is 0 Å². The Morgan fingerprint density at radius 1 is 1.16 bits per heavy atom. The normalized spacial score (nSPS) is 16.5. The molecule has 198 valence electrons. The van der Waals surface area contributed by atoms with E-state index in [4.69, 9.17) is 9.26 Å². The van der Waals surface area contributed by atoms with Crippen LogP contribution in [0, 0.1) is 38.0 Å². The number of nitriles is 1. The summed E-state index contributed by atoms with van der Waals surface area (Å²) in [6.45, 7) is 13.8. The highest BCUT2D eigenvalue weighted by atomic mass is 16.6. The molecule has 5 rings (SSSR count). The summed E-state index contributed by atoms with van der Waals surface area (Å²) in [6, 6.07) is 17.4. The summed E-state index contributed by atoms with van der Waals surface area (Å²) in [6.07, 6.45) is 1.59. The van der Waals surface area contributed by atoms with Gasteiger partial charge in [0.1, 0.15) is 11.4 Å². The van der Waals surface area contributed by atoms with Gasteiger partial charge in [0.15, 0.2) is 0 Å². The van der Waals surface area contributed by atoms with Gasteiger partial charge >= 0.3 is 6.09 Å². The fourth-order valence-corrected chi connectivity index (χ4v) is 5.26. The van der Waals surface area contributed by atoms with Gasteiger partial charge in [-0.15, -0.1) is 0 Å². The molecule has 1 aromatic heterocycles. The number of carbonyl (C=O) groups excluding carboxylic acids is 1. The van der Waals surface area contributed by atoms with Crippen LogP contribution in [0.5, 0.6) is 0 Å². The topological polar surface area (TPSA) is 82.6 Å². The van der Waals surface area contributed by atoms with Crippen LogP contribution in [-0.2, 0) is 10.2 Å². The molecule has 1 aliphatic heterocycles. The molecule has 38 heavy (non-hydrogen) atoms. The van der Waals surface area contributed by atoms with Crippen LogP contribution < -0.4 is 4.90 Å². The molecular weight excluding hydrogens is 476 g/mol. The number of likely N-dealkylation sites (tertiary alicyclic amines) is 1. The summed E-state index contributed by atoms with van der Waals surface area (Å²) < 4.78 is 11.0. The van der Waals surface area contributed by atoms with Crippen molar-refractivity contribution in [1.29, 1.82) is 5.26 Å². The highest BCUT2D eigenvalue weighted by molar-refractivity contribution is 5.77. The molecule has 0 unspecified atom stereocenters. The van der Waals surface area contributed by atoms with Crippen LogP contribution >= 0.6 is 0 Å². The van der Waals surface area contributed by atoms with Gasteiger partial charge < -0.3 is 19.1 Å². The van der Waals surface area contributed by atoms with Crippen molar-refractivity contribution in [1.82, 2.24) is 10.1 Å². The third-order valence-corrected chi connectivity index (χ3v) is 7.57. The third-order valence-electron chi connectivity index (χ3n) is 7.57. The Bertz CT molecular complexity index is 1360. The number of rotatable bonds is 6. The van der Waals surface area contributed by atoms with E-state index in [2.05, 4.69) is 65.5 Å². The molecular formula is C31H36N4O3. The molecule has 2 aromatic carbocycles. The zero-order valence-corrected chi connectivity index (χ0v) is 23.2. The quantitative estimate of drug-likeness (QED) is 0.360. The SMILES string of the molecule is Cc1ccc(-c2c(C)noc2C)cc1N(CC1CN(C(=O)OC(C)(C)C)C1)c1ccc(C2(C#N)CC2)cc1. The number of ether oxygens (including phenoxy) is 1. The average molecular weight is 513 g/mol. The van der Waals surface area contributed by atoms with Crippen LogP contribution in [0.4, 0.5) is 16.2 Å². The van der Waals surface area contributed by atoms with E-state index in [1.807, 2.05) is 34.6 Å². The van der Waals surface area contributed by atoms with E-state index in [1.54, 1.807) is 4.90 Å². The molecule has 1 amide bonds. The van der Waals surface area contributed by atoms with E-state index >= 15 is 0 Å². The number of carbonyl (C=O) groups is 1. The Hall–Kier alpha value is -3.79. The Morgan fingerprint density at radius 2 is 1.84 bits per heavy atom. The fourth-order valence-electron chi connectivity index (χ4n) is 5.26. The van der Waals surface area contributed by atoms with Gasteiger partial charge in [0.05, 0.1) is 17.2 Å². The van der Waals surface area contributed by atoms with Crippen molar-refractivity contribution in [2.24, 2.45) is 5.92 Å². The number of hydrogen-bond acceptors (Lipinski definition) is 6. The van der Waals surface area contributed by atoms with E-state index in [9.17, 15) is 10.1 Å². The number of hydrogen-bond donors (Lipinski definition) is 0. The van der Waals surface area contributed by atoms with Crippen molar-refractivity contribution in [2.75, 3.05) is 24.5 Å². The lowest BCUT2D eigenvalue weighted by Gasteiger charge is -2.42. The Labute approximate surface area is 225 Å². The molecule has 0 bridgehead atoms. The molecule has 2 fully saturated rings. The minimum Gasteiger partial charge on any atom is -0.444 e. The molecule has 1 saturated carbocycles. The minimum atomic E-state index is -0.506. The van der Waals surface area contributed by atoms with Gasteiger partial charge in [-0.1, -0.05) is 29.4 Å². The van der Waals surface area contributed by atoms with Gasteiger partial charge in [0, 0.05) is 42.5 Å². The minimum absolute atomic E-state index is 0.257. The van der Waals surface area contributed by atoms with Crippen molar-refractivity contribution < 1.29 is 14.1 Å². The molecule has 2 aliphatic rings. The maximum atomic E-state index is 12.5. The number of aromatic nitrogens is 1. The molecule has 1 saturated heterocycles. The molecule has 0 N–H and O–H groups in total. The molecule has 0 spiro atoms. The largest absolute Gasteiger partial charge is 0.444 e. The van der Waals surface area contributed by atoms with E-state index < -0.39 is 5.60 Å². The summed E-state index contributed by atoms with van der Waals surface area (Å²) >= 11 is 0. The molecule has 7 nitrogen and oxygen atoms in total. The average Bonchev–Trinajstić information content (AvgIpc) is 3.57. The standard InChI is InChI=1S/C31H36N4O3/c1-20-7-8-24(28-21(2)33-38-22(28)3)15-27(20)35(18-23-16-34(17-23)29(36)37-30(4,5)6)26-11-9-25(10-12-26)31(19-32)13-14-31/h7-12,15,23H,13-14,16-18H2,1-6H3. The first kappa shape index (κ1) is 25.8. The fraction of sp³-hybridized carbons (Fsp3) is 0.452. The maximum absolute atomic E-state index is 12.5. The molecule has 0 radical (unpaired) electrons. The van der Waals surface area contributed by atoms with Gasteiger partial charge in [0.2, 0.25) is 0 Å². The number of benzene rings is 2. The monoisotopic (exact) mass is 512 g/mol. The van der Waals surface area contributed by atoms with Crippen LogP contribution in [0.15, 0.2) is 47.0 Å². The lowest BCUT2D eigenvalue weighted by Crippen LogP contribution is -2.54. The van der Waals surface area contributed by atoms with E-state index in [0.717, 1.165) is 64.5 Å². The molecule has 0 atom stereocenters.